The third-order valence-corrected chi connectivity index (χ3v) is 2.57. The molecule has 1 heterocycles. The van der Waals surface area contributed by atoms with Crippen LogP contribution in [-0.2, 0) is 11.3 Å². The van der Waals surface area contributed by atoms with Crippen LogP contribution in [0.4, 0.5) is 0 Å². The van der Waals surface area contributed by atoms with Crippen molar-refractivity contribution in [1.82, 2.24) is 10.5 Å². The number of nitrogens with one attached hydrogen (secondary N) is 1. The molecule has 16 heavy (non-hydrogen) atoms. The summed E-state index contributed by atoms with van der Waals surface area (Å²) in [6, 6.07) is 1.81. The van der Waals surface area contributed by atoms with Crippen LogP contribution in [0.3, 0.4) is 0 Å². The molecule has 0 fully saturated rings. The van der Waals surface area contributed by atoms with E-state index in [4.69, 9.17) is 10.3 Å². The molecule has 1 aromatic rings. The van der Waals surface area contributed by atoms with E-state index in [-0.39, 0.29) is 17.9 Å². The Balaban J connectivity index is 1.82. The molecule has 2 unspecified atom stereocenters. The van der Waals surface area contributed by atoms with Crippen molar-refractivity contribution in [3.05, 3.63) is 29.7 Å². The van der Waals surface area contributed by atoms with Gasteiger partial charge in [-0.25, -0.2) is 0 Å². The Morgan fingerprint density at radius 3 is 3.06 bits per heavy atom. The molecule has 5 heteroatoms. The van der Waals surface area contributed by atoms with E-state index in [0.29, 0.717) is 18.7 Å². The van der Waals surface area contributed by atoms with Gasteiger partial charge in [-0.2, -0.15) is 0 Å². The van der Waals surface area contributed by atoms with E-state index in [9.17, 15) is 4.79 Å². The van der Waals surface area contributed by atoms with Gasteiger partial charge in [-0.3, -0.25) is 4.79 Å². The third-order valence-electron chi connectivity index (χ3n) is 2.57. The summed E-state index contributed by atoms with van der Waals surface area (Å²) in [7, 11) is 0. The van der Waals surface area contributed by atoms with Crippen molar-refractivity contribution < 1.29 is 9.32 Å². The van der Waals surface area contributed by atoms with Crippen molar-refractivity contribution in [2.45, 2.75) is 25.9 Å². The van der Waals surface area contributed by atoms with Gasteiger partial charge in [0.05, 0.1) is 18.2 Å². The van der Waals surface area contributed by atoms with Gasteiger partial charge >= 0.3 is 0 Å². The highest BCUT2D eigenvalue weighted by atomic mass is 16.5. The monoisotopic (exact) mass is 221 g/mol. The topological polar surface area (TPSA) is 81.2 Å². The van der Waals surface area contributed by atoms with Gasteiger partial charge in [-0.1, -0.05) is 17.3 Å². The maximum Gasteiger partial charge on any atom is 0.227 e. The van der Waals surface area contributed by atoms with Gasteiger partial charge in [0.15, 0.2) is 5.76 Å². The average molecular weight is 221 g/mol. The molecule has 5 nitrogen and oxygen atoms in total. The Morgan fingerprint density at radius 1 is 1.69 bits per heavy atom. The summed E-state index contributed by atoms with van der Waals surface area (Å²) < 4.78 is 4.99. The van der Waals surface area contributed by atoms with Crippen LogP contribution < -0.4 is 11.1 Å². The molecule has 0 saturated heterocycles. The number of amides is 1. The highest BCUT2D eigenvalue weighted by Gasteiger charge is 2.22. The second-order valence-electron chi connectivity index (χ2n) is 4.04. The Labute approximate surface area is 93.7 Å². The van der Waals surface area contributed by atoms with Gasteiger partial charge in [0, 0.05) is 12.1 Å². The number of carbonyl (C=O) groups excluding carboxylic acids is 1. The van der Waals surface area contributed by atoms with Gasteiger partial charge in [0.25, 0.3) is 0 Å². The van der Waals surface area contributed by atoms with E-state index in [2.05, 4.69) is 10.5 Å². The molecule has 0 aromatic carbocycles. The molecule has 0 spiro atoms. The lowest BCUT2D eigenvalue weighted by molar-refractivity contribution is -0.123. The molecule has 2 atom stereocenters. The van der Waals surface area contributed by atoms with Crippen molar-refractivity contribution in [3.8, 4) is 0 Å². The summed E-state index contributed by atoms with van der Waals surface area (Å²) >= 11 is 0. The molecule has 3 N–H and O–H groups in total. The van der Waals surface area contributed by atoms with Crippen LogP contribution in [0, 0.1) is 12.8 Å². The molecule has 0 saturated carbocycles. The zero-order valence-corrected chi connectivity index (χ0v) is 9.14. The van der Waals surface area contributed by atoms with Crippen molar-refractivity contribution in [2.24, 2.45) is 11.7 Å². The predicted octanol–water partition coefficient (Wildman–Crippen LogP) is 0.503. The van der Waals surface area contributed by atoms with E-state index in [0.717, 1.165) is 5.69 Å². The zero-order chi connectivity index (χ0) is 11.5. The smallest absolute Gasteiger partial charge is 0.227 e. The number of rotatable bonds is 3. The van der Waals surface area contributed by atoms with Crippen LogP contribution in [0.5, 0.6) is 0 Å². The first kappa shape index (κ1) is 10.9. The Hall–Kier alpha value is -1.62. The minimum absolute atomic E-state index is 0.00303. The van der Waals surface area contributed by atoms with E-state index in [1.165, 1.54) is 0 Å². The van der Waals surface area contributed by atoms with Crippen LogP contribution in [0.25, 0.3) is 0 Å². The lowest BCUT2D eigenvalue weighted by Crippen LogP contribution is -2.30. The molecule has 2 rings (SSSR count). The molecule has 1 aromatic heterocycles. The number of nitrogens with zero attached hydrogens (tertiary/aromatic N) is 1. The molecule has 1 amide bonds. The van der Waals surface area contributed by atoms with Gasteiger partial charge in [0.2, 0.25) is 5.91 Å². The second kappa shape index (κ2) is 4.49. The van der Waals surface area contributed by atoms with Crippen LogP contribution >= 0.6 is 0 Å². The molecular formula is C11H15N3O2. The van der Waals surface area contributed by atoms with Crippen LogP contribution in [0.2, 0.25) is 0 Å². The Morgan fingerprint density at radius 2 is 2.50 bits per heavy atom. The van der Waals surface area contributed by atoms with E-state index in [1.807, 2.05) is 19.1 Å². The quantitative estimate of drug-likeness (QED) is 0.728. The van der Waals surface area contributed by atoms with Crippen molar-refractivity contribution in [2.75, 3.05) is 0 Å². The number of nitrogens with two attached hydrogens (primary N) is 1. The summed E-state index contributed by atoms with van der Waals surface area (Å²) in [6.45, 7) is 2.22. The minimum atomic E-state index is -0.112. The van der Waals surface area contributed by atoms with Crippen molar-refractivity contribution in [1.29, 1.82) is 0 Å². The first-order valence-electron chi connectivity index (χ1n) is 5.29. The molecule has 0 bridgehead atoms. The molecule has 1 aliphatic carbocycles. The first-order valence-corrected chi connectivity index (χ1v) is 5.29. The highest BCUT2D eigenvalue weighted by Crippen LogP contribution is 2.16. The van der Waals surface area contributed by atoms with Crippen molar-refractivity contribution in [3.63, 3.8) is 0 Å². The highest BCUT2D eigenvalue weighted by molar-refractivity contribution is 5.80. The van der Waals surface area contributed by atoms with Gasteiger partial charge in [0.1, 0.15) is 0 Å². The molecule has 0 radical (unpaired) electrons. The van der Waals surface area contributed by atoms with Crippen LogP contribution in [-0.4, -0.2) is 17.1 Å². The zero-order valence-electron chi connectivity index (χ0n) is 9.14. The summed E-state index contributed by atoms with van der Waals surface area (Å²) in [5.41, 5.74) is 6.49. The largest absolute Gasteiger partial charge is 0.359 e. The number of hydrogen-bond acceptors (Lipinski definition) is 4. The number of hydrogen-bond donors (Lipinski definition) is 2. The minimum Gasteiger partial charge on any atom is -0.359 e. The molecule has 0 aliphatic heterocycles. The maximum absolute atomic E-state index is 11.7. The Bertz CT molecular complexity index is 411. The predicted molar refractivity (Wildman–Crippen MR) is 58.3 cm³/mol. The summed E-state index contributed by atoms with van der Waals surface area (Å²) in [5.74, 6) is 0.536. The van der Waals surface area contributed by atoms with E-state index < -0.39 is 0 Å². The van der Waals surface area contributed by atoms with Gasteiger partial charge < -0.3 is 15.6 Å². The Kier molecular flexibility index (Phi) is 3.05. The molecular weight excluding hydrogens is 206 g/mol. The SMILES string of the molecule is Cc1cc(CNC(=O)C2C=CC(N)C2)on1. The lowest BCUT2D eigenvalue weighted by Gasteiger charge is -2.08. The number of aryl methyl sites for hydroxylation is 1. The van der Waals surface area contributed by atoms with Crippen LogP contribution in [0.15, 0.2) is 22.7 Å². The summed E-state index contributed by atoms with van der Waals surface area (Å²) in [6.07, 6.45) is 4.40. The number of carbonyl (C=O) groups is 1. The van der Waals surface area contributed by atoms with Crippen molar-refractivity contribution >= 4 is 5.91 Å². The van der Waals surface area contributed by atoms with E-state index >= 15 is 0 Å². The molecule has 86 valence electrons. The average Bonchev–Trinajstić information content (AvgIpc) is 2.84. The van der Waals surface area contributed by atoms with Gasteiger partial charge in [-0.05, 0) is 13.3 Å². The third kappa shape index (κ3) is 2.49. The fourth-order valence-corrected chi connectivity index (χ4v) is 1.73. The molecule has 1 aliphatic rings. The maximum atomic E-state index is 11.7. The van der Waals surface area contributed by atoms with E-state index in [1.54, 1.807) is 6.07 Å². The summed E-state index contributed by atoms with van der Waals surface area (Å²) in [5, 5.41) is 6.54. The summed E-state index contributed by atoms with van der Waals surface area (Å²) in [4.78, 5) is 11.7. The fourth-order valence-electron chi connectivity index (χ4n) is 1.73. The van der Waals surface area contributed by atoms with Crippen LogP contribution in [0.1, 0.15) is 17.9 Å². The fraction of sp³-hybridized carbons (Fsp3) is 0.455. The number of aromatic nitrogens is 1. The first-order chi connectivity index (χ1) is 7.65. The lowest BCUT2D eigenvalue weighted by atomic mass is 10.1. The normalized spacial score (nSPS) is 23.6. The van der Waals surface area contributed by atoms with Gasteiger partial charge in [-0.15, -0.1) is 0 Å². The standard InChI is InChI=1S/C11H15N3O2/c1-7-4-10(16-14-7)6-13-11(15)8-2-3-9(12)5-8/h2-4,8-9H,5-6,12H2,1H3,(H,13,15). The second-order valence-corrected chi connectivity index (χ2v) is 4.04.